The summed E-state index contributed by atoms with van der Waals surface area (Å²) in [6.45, 7) is 5.98. The second kappa shape index (κ2) is 10.0. The van der Waals surface area contributed by atoms with E-state index in [2.05, 4.69) is 15.5 Å². The van der Waals surface area contributed by atoms with Crippen LogP contribution in [0.5, 0.6) is 5.75 Å². The van der Waals surface area contributed by atoms with Crippen LogP contribution in [0.25, 0.3) is 0 Å². The monoisotopic (exact) mass is 550 g/mol. The van der Waals surface area contributed by atoms with E-state index >= 15 is 0 Å². The fourth-order valence-corrected chi connectivity index (χ4v) is 7.54. The highest BCUT2D eigenvalue weighted by Crippen LogP contribution is 2.40. The minimum atomic E-state index is -4.10. The molecule has 0 bridgehead atoms. The first-order valence-electron chi connectivity index (χ1n) is 12.5. The number of halogens is 1. The number of aryl methyl sites for hydroxylation is 1. The maximum absolute atomic E-state index is 13.6. The molecular formula is C25H31ClN4O6S. The van der Waals surface area contributed by atoms with Crippen molar-refractivity contribution in [2.75, 3.05) is 31.5 Å². The molecule has 0 amide bonds. The van der Waals surface area contributed by atoms with Gasteiger partial charge in [0.25, 0.3) is 0 Å². The standard InChI is InChI=1S/C25H31ClN4O6S/c1-3-17(19-9-6-14(2)36-19)27-20-21(24(33)23(20)32)28-18-8-7-16(26)25(22(18)31)37(34,35)30-12-11-29-10-4-5-15(29)13-30/h6-9,15,17,20-21,27-28,31H,3-5,10-13H2,1-2H3. The number of piperazine rings is 1. The maximum atomic E-state index is 13.6. The number of rotatable bonds is 8. The lowest BCUT2D eigenvalue weighted by atomic mass is 9.82. The van der Waals surface area contributed by atoms with E-state index in [1.807, 2.05) is 26.0 Å². The van der Waals surface area contributed by atoms with Crippen molar-refractivity contribution in [3.05, 3.63) is 40.8 Å². The summed E-state index contributed by atoms with van der Waals surface area (Å²) >= 11 is 6.29. The molecule has 1 aromatic carbocycles. The van der Waals surface area contributed by atoms with Crippen molar-refractivity contribution < 1.29 is 27.5 Å². The van der Waals surface area contributed by atoms with E-state index in [0.29, 0.717) is 31.8 Å². The molecule has 5 rings (SSSR count). The van der Waals surface area contributed by atoms with E-state index in [1.54, 1.807) is 0 Å². The summed E-state index contributed by atoms with van der Waals surface area (Å²) in [7, 11) is -4.10. The first kappa shape index (κ1) is 26.2. The summed E-state index contributed by atoms with van der Waals surface area (Å²) in [5.74, 6) is -0.430. The third kappa shape index (κ3) is 4.67. The molecule has 3 N–H and O–H groups in total. The number of furan rings is 1. The van der Waals surface area contributed by atoms with Gasteiger partial charge in [-0.25, -0.2) is 8.42 Å². The molecule has 2 aliphatic heterocycles. The number of hydrogen-bond donors (Lipinski definition) is 3. The van der Waals surface area contributed by atoms with Gasteiger partial charge in [-0.1, -0.05) is 18.5 Å². The van der Waals surface area contributed by atoms with Crippen LogP contribution in [-0.4, -0.2) is 78.6 Å². The average molecular weight is 551 g/mol. The smallest absolute Gasteiger partial charge is 0.248 e. The SMILES string of the molecule is CCC(NC1C(=O)C(=O)C1Nc1ccc(Cl)c(S(=O)(=O)N2CCN3CCCC3C2)c1O)c1ccc(C)o1. The van der Waals surface area contributed by atoms with Crippen LogP contribution in [0.3, 0.4) is 0 Å². The largest absolute Gasteiger partial charge is 0.504 e. The molecule has 1 aliphatic carbocycles. The molecule has 2 saturated heterocycles. The minimum absolute atomic E-state index is 0.0158. The molecule has 4 unspecified atom stereocenters. The Balaban J connectivity index is 1.37. The van der Waals surface area contributed by atoms with E-state index in [9.17, 15) is 23.1 Å². The summed E-state index contributed by atoms with van der Waals surface area (Å²) in [4.78, 5) is 26.8. The number of aromatic hydroxyl groups is 1. The lowest BCUT2D eigenvalue weighted by molar-refractivity contribution is -0.145. The first-order valence-corrected chi connectivity index (χ1v) is 14.4. The van der Waals surface area contributed by atoms with Gasteiger partial charge in [0.15, 0.2) is 5.75 Å². The molecule has 3 heterocycles. The molecule has 10 nitrogen and oxygen atoms in total. The zero-order valence-corrected chi connectivity index (χ0v) is 22.3. The number of fused-ring (bicyclic) bond motifs is 1. The number of ketones is 2. The molecule has 0 spiro atoms. The van der Waals surface area contributed by atoms with Gasteiger partial charge in [0.05, 0.1) is 16.8 Å². The van der Waals surface area contributed by atoms with E-state index in [0.717, 1.165) is 25.1 Å². The van der Waals surface area contributed by atoms with Gasteiger partial charge in [0.1, 0.15) is 28.5 Å². The molecule has 0 radical (unpaired) electrons. The zero-order chi connectivity index (χ0) is 26.5. The molecule has 1 saturated carbocycles. The van der Waals surface area contributed by atoms with Crippen molar-refractivity contribution in [1.82, 2.24) is 14.5 Å². The fourth-order valence-electron chi connectivity index (χ4n) is 5.48. The Kier molecular flexibility index (Phi) is 7.10. The number of hydrogen-bond acceptors (Lipinski definition) is 9. The van der Waals surface area contributed by atoms with Crippen molar-refractivity contribution in [2.24, 2.45) is 0 Å². The fraction of sp³-hybridized carbons (Fsp3) is 0.520. The molecule has 12 heteroatoms. The van der Waals surface area contributed by atoms with E-state index in [1.165, 1.54) is 16.4 Å². The zero-order valence-electron chi connectivity index (χ0n) is 20.7. The molecule has 37 heavy (non-hydrogen) atoms. The topological polar surface area (TPSA) is 132 Å². The Morgan fingerprint density at radius 2 is 1.89 bits per heavy atom. The van der Waals surface area contributed by atoms with Gasteiger partial charge in [0.2, 0.25) is 21.6 Å². The van der Waals surface area contributed by atoms with Gasteiger partial charge in [0, 0.05) is 25.7 Å². The summed E-state index contributed by atoms with van der Waals surface area (Å²) in [5, 5.41) is 17.0. The van der Waals surface area contributed by atoms with Gasteiger partial charge < -0.3 is 14.8 Å². The molecule has 3 fully saturated rings. The van der Waals surface area contributed by atoms with Crippen LogP contribution >= 0.6 is 11.6 Å². The van der Waals surface area contributed by atoms with Crippen LogP contribution in [0.1, 0.15) is 43.7 Å². The number of nitrogens with one attached hydrogen (secondary N) is 2. The third-order valence-electron chi connectivity index (χ3n) is 7.58. The van der Waals surface area contributed by atoms with E-state index in [4.69, 9.17) is 16.0 Å². The summed E-state index contributed by atoms with van der Waals surface area (Å²) in [6, 6.07) is 4.42. The van der Waals surface area contributed by atoms with Gasteiger partial charge in [-0.05, 0) is 57.0 Å². The number of phenolic OH excluding ortho intramolecular Hbond substituents is 1. The van der Waals surface area contributed by atoms with Crippen LogP contribution in [0.2, 0.25) is 5.02 Å². The number of carbonyl (C=O) groups excluding carboxylic acids is 2. The molecular weight excluding hydrogens is 520 g/mol. The maximum Gasteiger partial charge on any atom is 0.248 e. The Labute approximate surface area is 221 Å². The minimum Gasteiger partial charge on any atom is -0.504 e. The number of benzene rings is 1. The number of sulfonamides is 1. The van der Waals surface area contributed by atoms with Crippen molar-refractivity contribution in [3.8, 4) is 5.75 Å². The Morgan fingerprint density at radius 3 is 2.59 bits per heavy atom. The van der Waals surface area contributed by atoms with E-state index in [-0.39, 0.29) is 22.8 Å². The Bertz CT molecular complexity index is 1330. The highest BCUT2D eigenvalue weighted by atomic mass is 35.5. The average Bonchev–Trinajstić information content (AvgIpc) is 3.52. The molecule has 2 aromatic rings. The predicted molar refractivity (Wildman–Crippen MR) is 137 cm³/mol. The van der Waals surface area contributed by atoms with Crippen LogP contribution in [-0.2, 0) is 19.6 Å². The van der Waals surface area contributed by atoms with Crippen LogP contribution < -0.4 is 10.6 Å². The van der Waals surface area contributed by atoms with Crippen molar-refractivity contribution in [2.45, 2.75) is 62.2 Å². The first-order chi connectivity index (χ1) is 17.6. The molecule has 3 aliphatic rings. The van der Waals surface area contributed by atoms with Gasteiger partial charge >= 0.3 is 0 Å². The third-order valence-corrected chi connectivity index (χ3v) is 9.94. The van der Waals surface area contributed by atoms with Gasteiger partial charge in [-0.3, -0.25) is 19.8 Å². The normalized spacial score (nSPS) is 25.6. The quantitative estimate of drug-likeness (QED) is 0.335. The summed E-state index contributed by atoms with van der Waals surface area (Å²) in [5.41, 5.74) is 0.0158. The van der Waals surface area contributed by atoms with Crippen molar-refractivity contribution in [1.29, 1.82) is 0 Å². The van der Waals surface area contributed by atoms with Gasteiger partial charge in [-0.2, -0.15) is 4.31 Å². The molecule has 200 valence electrons. The highest BCUT2D eigenvalue weighted by Gasteiger charge is 2.50. The highest BCUT2D eigenvalue weighted by molar-refractivity contribution is 7.89. The van der Waals surface area contributed by atoms with Crippen molar-refractivity contribution in [3.63, 3.8) is 0 Å². The number of carbonyl (C=O) groups is 2. The lowest BCUT2D eigenvalue weighted by Gasteiger charge is -2.38. The second-order valence-corrected chi connectivity index (χ2v) is 12.2. The summed E-state index contributed by atoms with van der Waals surface area (Å²) < 4.78 is 34.2. The number of anilines is 1. The van der Waals surface area contributed by atoms with Crippen LogP contribution in [0.15, 0.2) is 33.6 Å². The molecule has 1 aromatic heterocycles. The van der Waals surface area contributed by atoms with Crippen LogP contribution in [0.4, 0.5) is 5.69 Å². The number of Topliss-reactive ketones (excluding diaryl/α,β-unsaturated/α-hetero) is 2. The van der Waals surface area contributed by atoms with E-state index < -0.39 is 44.3 Å². The molecule has 4 atom stereocenters. The Morgan fingerprint density at radius 1 is 1.14 bits per heavy atom. The Hall–Kier alpha value is -2.44. The summed E-state index contributed by atoms with van der Waals surface area (Å²) in [6.07, 6.45) is 2.57. The van der Waals surface area contributed by atoms with Crippen molar-refractivity contribution >= 4 is 38.9 Å². The number of phenols is 1. The van der Waals surface area contributed by atoms with Gasteiger partial charge in [-0.15, -0.1) is 0 Å². The van der Waals surface area contributed by atoms with Crippen LogP contribution in [0, 0.1) is 6.92 Å². The predicted octanol–water partition coefficient (Wildman–Crippen LogP) is 2.46. The second-order valence-electron chi connectivity index (χ2n) is 9.87. The number of nitrogens with zero attached hydrogens (tertiary/aromatic N) is 2. The lowest BCUT2D eigenvalue weighted by Crippen LogP contribution is -2.67.